The van der Waals surface area contributed by atoms with Crippen LogP contribution in [0.1, 0.15) is 351 Å². The lowest BCUT2D eigenvalue weighted by Gasteiger charge is -2.21. The quantitative estimate of drug-likeness (QED) is 0.0222. The highest BCUT2D eigenvalue weighted by molar-refractivity contribution is 7.47. The SMILES string of the molecule is CCC(C)CCCCCCCCCCC(=O)O[C@H](COC(=O)CCCCCCCCCCCCCCC(C)C)COP(=O)(O)OCC(O)COP(=O)(O)OC[C@@H](COC(=O)CCCCCCCCCCC(C)C)OC(=O)CCCCCCCCCCCC(C)C. The minimum absolute atomic E-state index is 0.104. The zero-order valence-corrected chi connectivity index (χ0v) is 60.6. The number of hydrogen-bond donors (Lipinski definition) is 3. The Bertz CT molecular complexity index is 1780. The van der Waals surface area contributed by atoms with E-state index in [-0.39, 0.29) is 25.7 Å². The van der Waals surface area contributed by atoms with E-state index in [1.807, 2.05) is 0 Å². The smallest absolute Gasteiger partial charge is 0.462 e. The zero-order valence-electron chi connectivity index (χ0n) is 58.8. The molecule has 6 atom stereocenters. The topological polar surface area (TPSA) is 237 Å². The average molecular weight is 1330 g/mol. The average Bonchev–Trinajstić information content (AvgIpc) is 3.13. The van der Waals surface area contributed by atoms with Gasteiger partial charge in [-0.3, -0.25) is 37.3 Å². The summed E-state index contributed by atoms with van der Waals surface area (Å²) in [5.74, 6) is 0.885. The van der Waals surface area contributed by atoms with Crippen molar-refractivity contribution < 1.29 is 80.2 Å². The molecule has 0 spiro atoms. The van der Waals surface area contributed by atoms with Crippen molar-refractivity contribution in [1.29, 1.82) is 0 Å². The predicted molar refractivity (Wildman–Crippen MR) is 363 cm³/mol. The normalized spacial score (nSPS) is 14.6. The van der Waals surface area contributed by atoms with Crippen LogP contribution >= 0.6 is 15.6 Å². The molecule has 0 aliphatic heterocycles. The van der Waals surface area contributed by atoms with Gasteiger partial charge in [0.2, 0.25) is 0 Å². The lowest BCUT2D eigenvalue weighted by molar-refractivity contribution is -0.161. The number of ether oxygens (including phenoxy) is 4. The van der Waals surface area contributed by atoms with Gasteiger partial charge in [0.1, 0.15) is 19.3 Å². The van der Waals surface area contributed by atoms with Gasteiger partial charge in [-0.25, -0.2) is 9.13 Å². The molecule has 0 rings (SSSR count). The maximum Gasteiger partial charge on any atom is 0.472 e. The monoisotopic (exact) mass is 1320 g/mol. The second-order valence-electron chi connectivity index (χ2n) is 27.3. The first-order chi connectivity index (χ1) is 43.1. The number of phosphoric ester groups is 2. The van der Waals surface area contributed by atoms with Crippen LogP contribution in [0.25, 0.3) is 0 Å². The van der Waals surface area contributed by atoms with E-state index in [0.717, 1.165) is 114 Å². The largest absolute Gasteiger partial charge is 0.472 e. The van der Waals surface area contributed by atoms with Crippen LogP contribution in [0.2, 0.25) is 0 Å². The van der Waals surface area contributed by atoms with Crippen LogP contribution in [0, 0.1) is 23.7 Å². The fourth-order valence-electron chi connectivity index (χ4n) is 10.6. The number of aliphatic hydroxyl groups excluding tert-OH is 1. The molecule has 534 valence electrons. The van der Waals surface area contributed by atoms with Crippen LogP contribution in [-0.4, -0.2) is 96.7 Å². The first-order valence-corrected chi connectivity index (χ1v) is 39.7. The van der Waals surface area contributed by atoms with Gasteiger partial charge in [-0.05, 0) is 49.4 Å². The minimum atomic E-state index is -4.95. The van der Waals surface area contributed by atoms with Crippen LogP contribution in [0.3, 0.4) is 0 Å². The van der Waals surface area contributed by atoms with Crippen molar-refractivity contribution in [2.24, 2.45) is 23.7 Å². The van der Waals surface area contributed by atoms with Crippen molar-refractivity contribution in [3.05, 3.63) is 0 Å². The molecule has 3 N–H and O–H groups in total. The highest BCUT2D eigenvalue weighted by atomic mass is 31.2. The zero-order chi connectivity index (χ0) is 66.8. The van der Waals surface area contributed by atoms with E-state index < -0.39 is 97.5 Å². The lowest BCUT2D eigenvalue weighted by atomic mass is 9.99. The molecule has 0 aromatic rings. The molecule has 0 fully saturated rings. The van der Waals surface area contributed by atoms with Crippen molar-refractivity contribution in [2.75, 3.05) is 39.6 Å². The van der Waals surface area contributed by atoms with E-state index in [1.54, 1.807) is 0 Å². The number of aliphatic hydroxyl groups is 1. The minimum Gasteiger partial charge on any atom is -0.462 e. The fourth-order valence-corrected chi connectivity index (χ4v) is 12.2. The van der Waals surface area contributed by atoms with E-state index in [0.29, 0.717) is 25.7 Å². The standard InChI is InChI=1S/C71H138O17P2/c1-9-64(8)50-42-34-26-20-22-30-38-46-54-71(76)88-67(57-81-68(73)51-43-35-27-17-13-11-10-12-15-23-31-39-47-61(2)3)60-86-90(79,80)84-56-65(72)55-83-89(77,78)85-59-66(58-82-69(74)52-44-36-28-21-19-25-33-41-49-63(6)7)87-70(75)53-45-37-29-18-14-16-24-32-40-48-62(4)5/h61-67,72H,9-60H2,1-8H3,(H,77,78)(H,79,80)/t64?,65?,66-,67-/m1/s1. The summed E-state index contributed by atoms with van der Waals surface area (Å²) in [6.45, 7) is 14.1. The van der Waals surface area contributed by atoms with E-state index in [2.05, 4.69) is 55.4 Å². The number of esters is 4. The van der Waals surface area contributed by atoms with Gasteiger partial charge >= 0.3 is 39.5 Å². The number of unbranched alkanes of at least 4 members (excludes halogenated alkanes) is 33. The molecular weight excluding hydrogens is 1190 g/mol. The second kappa shape index (κ2) is 60.7. The number of phosphoric acid groups is 2. The fraction of sp³-hybridized carbons (Fsp3) is 0.944. The van der Waals surface area contributed by atoms with Crippen molar-refractivity contribution in [1.82, 2.24) is 0 Å². The lowest BCUT2D eigenvalue weighted by Crippen LogP contribution is -2.30. The molecular formula is C71H138O17P2. The van der Waals surface area contributed by atoms with Crippen molar-refractivity contribution in [2.45, 2.75) is 369 Å². The third-order valence-corrected chi connectivity index (χ3v) is 18.6. The van der Waals surface area contributed by atoms with Crippen molar-refractivity contribution in [3.63, 3.8) is 0 Å². The Labute approximate surface area is 549 Å². The van der Waals surface area contributed by atoms with Crippen LogP contribution in [0.5, 0.6) is 0 Å². The van der Waals surface area contributed by atoms with E-state index in [9.17, 15) is 43.2 Å². The summed E-state index contributed by atoms with van der Waals surface area (Å²) in [7, 11) is -9.90. The van der Waals surface area contributed by atoms with E-state index >= 15 is 0 Å². The van der Waals surface area contributed by atoms with Gasteiger partial charge in [0.25, 0.3) is 0 Å². The van der Waals surface area contributed by atoms with Gasteiger partial charge in [0.05, 0.1) is 26.4 Å². The maximum absolute atomic E-state index is 13.0. The van der Waals surface area contributed by atoms with Gasteiger partial charge in [0.15, 0.2) is 12.2 Å². The van der Waals surface area contributed by atoms with Crippen molar-refractivity contribution >= 4 is 39.5 Å². The third kappa shape index (κ3) is 63.5. The van der Waals surface area contributed by atoms with Gasteiger partial charge < -0.3 is 33.8 Å². The molecule has 0 saturated carbocycles. The Kier molecular flexibility index (Phi) is 59.4. The molecule has 0 bridgehead atoms. The van der Waals surface area contributed by atoms with E-state index in [1.165, 1.54) is 154 Å². The molecule has 0 aliphatic carbocycles. The van der Waals surface area contributed by atoms with Crippen LogP contribution < -0.4 is 0 Å². The summed E-state index contributed by atoms with van der Waals surface area (Å²) < 4.78 is 68.3. The molecule has 0 aromatic carbocycles. The number of carbonyl (C=O) groups is 4. The molecule has 0 heterocycles. The van der Waals surface area contributed by atoms with Crippen LogP contribution in [-0.2, 0) is 65.4 Å². The summed E-state index contributed by atoms with van der Waals surface area (Å²) in [6, 6.07) is 0. The Morgan fingerprint density at radius 1 is 0.311 bits per heavy atom. The summed E-state index contributed by atoms with van der Waals surface area (Å²) in [6.07, 6.45) is 43.0. The summed E-state index contributed by atoms with van der Waals surface area (Å²) in [5.41, 5.74) is 0. The predicted octanol–water partition coefficient (Wildman–Crippen LogP) is 20.1. The van der Waals surface area contributed by atoms with E-state index in [4.69, 9.17) is 37.0 Å². The third-order valence-electron chi connectivity index (χ3n) is 16.7. The first kappa shape index (κ1) is 88.1. The number of rotatable bonds is 68. The van der Waals surface area contributed by atoms with Crippen LogP contribution in [0.4, 0.5) is 0 Å². The summed E-state index contributed by atoms with van der Waals surface area (Å²) >= 11 is 0. The molecule has 4 unspecified atom stereocenters. The Balaban J connectivity index is 5.26. The molecule has 0 aromatic heterocycles. The van der Waals surface area contributed by atoms with Gasteiger partial charge in [-0.1, -0.05) is 299 Å². The Morgan fingerprint density at radius 3 is 0.789 bits per heavy atom. The summed E-state index contributed by atoms with van der Waals surface area (Å²) in [5, 5.41) is 10.6. The molecule has 17 nitrogen and oxygen atoms in total. The first-order valence-electron chi connectivity index (χ1n) is 36.7. The molecule has 19 heteroatoms. The Hall–Kier alpha value is -1.94. The highest BCUT2D eigenvalue weighted by Crippen LogP contribution is 2.45. The van der Waals surface area contributed by atoms with Gasteiger partial charge in [0, 0.05) is 25.7 Å². The maximum atomic E-state index is 13.0. The molecule has 0 aliphatic rings. The highest BCUT2D eigenvalue weighted by Gasteiger charge is 2.30. The summed E-state index contributed by atoms with van der Waals surface area (Å²) in [4.78, 5) is 72.6. The molecule has 0 saturated heterocycles. The van der Waals surface area contributed by atoms with Crippen molar-refractivity contribution in [3.8, 4) is 0 Å². The van der Waals surface area contributed by atoms with Gasteiger partial charge in [-0.15, -0.1) is 0 Å². The van der Waals surface area contributed by atoms with Gasteiger partial charge in [-0.2, -0.15) is 0 Å². The molecule has 90 heavy (non-hydrogen) atoms. The molecule has 0 amide bonds. The number of carbonyl (C=O) groups excluding carboxylic acids is 4. The Morgan fingerprint density at radius 2 is 0.533 bits per heavy atom. The van der Waals surface area contributed by atoms with Crippen LogP contribution in [0.15, 0.2) is 0 Å². The number of hydrogen-bond acceptors (Lipinski definition) is 15. The second-order valence-corrected chi connectivity index (χ2v) is 30.2. The molecule has 0 radical (unpaired) electrons.